The molecule has 1 saturated heterocycles. The largest absolute Gasteiger partial charge is 0.309 e. The molecule has 3 rings (SSSR count). The highest BCUT2D eigenvalue weighted by Gasteiger charge is 2.16. The topological polar surface area (TPSA) is 44.0 Å². The Balaban J connectivity index is 1.67. The molecule has 1 unspecified atom stereocenters. The van der Waals surface area contributed by atoms with Crippen molar-refractivity contribution < 1.29 is 0 Å². The van der Waals surface area contributed by atoms with Crippen LogP contribution in [0.25, 0.3) is 10.9 Å². The van der Waals surface area contributed by atoms with Gasteiger partial charge in [0.15, 0.2) is 0 Å². The number of likely N-dealkylation sites (tertiary alicyclic amines) is 1. The van der Waals surface area contributed by atoms with Gasteiger partial charge in [0.2, 0.25) is 0 Å². The third-order valence-corrected chi connectivity index (χ3v) is 3.77. The summed E-state index contributed by atoms with van der Waals surface area (Å²) < 4.78 is 0. The summed E-state index contributed by atoms with van der Waals surface area (Å²) in [5.41, 5.74) is 2.47. The van der Waals surface area contributed by atoms with Gasteiger partial charge in [0.05, 0.1) is 11.7 Å². The minimum Gasteiger partial charge on any atom is -0.309 e. The summed E-state index contributed by atoms with van der Waals surface area (Å²) in [5.74, 6) is 0. The zero-order valence-corrected chi connectivity index (χ0v) is 10.8. The number of H-pyrrole nitrogens is 1. The maximum Gasteiger partial charge on any atom is 0.0695 e. The highest BCUT2D eigenvalue weighted by atomic mass is 15.1. The first-order valence-corrected chi connectivity index (χ1v) is 6.66. The Hall–Kier alpha value is -1.39. The van der Waals surface area contributed by atoms with Crippen molar-refractivity contribution in [2.24, 2.45) is 0 Å². The van der Waals surface area contributed by atoms with E-state index in [0.717, 1.165) is 18.6 Å². The van der Waals surface area contributed by atoms with E-state index in [9.17, 15) is 0 Å². The van der Waals surface area contributed by atoms with Crippen LogP contribution >= 0.6 is 0 Å². The Labute approximate surface area is 107 Å². The number of aromatic amines is 1. The molecule has 4 nitrogen and oxygen atoms in total. The Morgan fingerprint density at radius 2 is 2.44 bits per heavy atom. The van der Waals surface area contributed by atoms with Gasteiger partial charge in [-0.25, -0.2) is 0 Å². The molecule has 96 valence electrons. The molecule has 0 saturated carbocycles. The van der Waals surface area contributed by atoms with Gasteiger partial charge in [0.25, 0.3) is 0 Å². The number of likely N-dealkylation sites (N-methyl/N-ethyl adjacent to an activating group) is 1. The maximum absolute atomic E-state index is 4.11. The highest BCUT2D eigenvalue weighted by Crippen LogP contribution is 2.16. The maximum atomic E-state index is 4.11. The SMILES string of the molecule is CN1CCCC(NCc2cccc3cn[nH]c23)C1. The predicted molar refractivity (Wildman–Crippen MR) is 73.5 cm³/mol. The lowest BCUT2D eigenvalue weighted by Gasteiger charge is -2.30. The van der Waals surface area contributed by atoms with Crippen molar-refractivity contribution in [1.29, 1.82) is 0 Å². The number of hydrogen-bond donors (Lipinski definition) is 2. The van der Waals surface area contributed by atoms with Crippen LogP contribution in [0, 0.1) is 0 Å². The minimum absolute atomic E-state index is 0.613. The molecule has 2 heterocycles. The van der Waals surface area contributed by atoms with Crippen LogP contribution < -0.4 is 5.32 Å². The number of aromatic nitrogens is 2. The number of hydrogen-bond acceptors (Lipinski definition) is 3. The van der Waals surface area contributed by atoms with Crippen molar-refractivity contribution in [2.75, 3.05) is 20.1 Å². The normalized spacial score (nSPS) is 21.5. The van der Waals surface area contributed by atoms with E-state index in [1.165, 1.54) is 30.3 Å². The summed E-state index contributed by atoms with van der Waals surface area (Å²) in [4.78, 5) is 2.40. The van der Waals surface area contributed by atoms with Crippen LogP contribution in [0.1, 0.15) is 18.4 Å². The molecule has 18 heavy (non-hydrogen) atoms. The van der Waals surface area contributed by atoms with Crippen LogP contribution in [-0.4, -0.2) is 41.3 Å². The standard InChI is InChI=1S/C14H20N4/c1-18-7-3-6-13(10-18)15-8-11-4-2-5-12-9-16-17-14(11)12/h2,4-5,9,13,15H,3,6-8,10H2,1H3,(H,16,17). The number of para-hydroxylation sites is 1. The fourth-order valence-electron chi connectivity index (χ4n) is 2.76. The van der Waals surface area contributed by atoms with Gasteiger partial charge in [-0.05, 0) is 32.0 Å². The van der Waals surface area contributed by atoms with Crippen LogP contribution in [0.2, 0.25) is 0 Å². The second-order valence-electron chi connectivity index (χ2n) is 5.23. The van der Waals surface area contributed by atoms with E-state index in [2.05, 4.69) is 45.7 Å². The van der Waals surface area contributed by atoms with E-state index in [1.807, 2.05) is 6.20 Å². The van der Waals surface area contributed by atoms with E-state index in [0.29, 0.717) is 6.04 Å². The van der Waals surface area contributed by atoms with Crippen LogP contribution in [0.5, 0.6) is 0 Å². The highest BCUT2D eigenvalue weighted by molar-refractivity contribution is 5.81. The van der Waals surface area contributed by atoms with Crippen molar-refractivity contribution in [1.82, 2.24) is 20.4 Å². The molecule has 0 amide bonds. The van der Waals surface area contributed by atoms with Gasteiger partial charge in [-0.15, -0.1) is 0 Å². The van der Waals surface area contributed by atoms with Crippen LogP contribution in [-0.2, 0) is 6.54 Å². The molecule has 0 bridgehead atoms. The number of nitrogens with one attached hydrogen (secondary N) is 2. The average molecular weight is 244 g/mol. The van der Waals surface area contributed by atoms with Crippen LogP contribution in [0.3, 0.4) is 0 Å². The first-order valence-electron chi connectivity index (χ1n) is 6.66. The van der Waals surface area contributed by atoms with Gasteiger partial charge in [-0.3, -0.25) is 5.10 Å². The number of rotatable bonds is 3. The summed E-state index contributed by atoms with van der Waals surface area (Å²) in [7, 11) is 2.20. The zero-order chi connectivity index (χ0) is 12.4. The Kier molecular flexibility index (Phi) is 3.30. The molecule has 0 spiro atoms. The minimum atomic E-state index is 0.613. The molecule has 1 atom stereocenters. The summed E-state index contributed by atoms with van der Waals surface area (Å²) >= 11 is 0. The molecule has 1 aromatic heterocycles. The molecule has 4 heteroatoms. The smallest absolute Gasteiger partial charge is 0.0695 e. The van der Waals surface area contributed by atoms with Gasteiger partial charge in [-0.1, -0.05) is 18.2 Å². The first kappa shape index (κ1) is 11.7. The average Bonchev–Trinajstić information content (AvgIpc) is 2.85. The van der Waals surface area contributed by atoms with Crippen molar-refractivity contribution >= 4 is 10.9 Å². The van der Waals surface area contributed by atoms with Gasteiger partial charge in [0, 0.05) is 24.5 Å². The summed E-state index contributed by atoms with van der Waals surface area (Å²) in [6.45, 7) is 3.30. The number of nitrogens with zero attached hydrogens (tertiary/aromatic N) is 2. The molecule has 1 aliphatic heterocycles. The molecule has 1 fully saturated rings. The van der Waals surface area contributed by atoms with Gasteiger partial charge in [-0.2, -0.15) is 5.10 Å². The fourth-order valence-corrected chi connectivity index (χ4v) is 2.76. The van der Waals surface area contributed by atoms with Crippen LogP contribution in [0.4, 0.5) is 0 Å². The van der Waals surface area contributed by atoms with Crippen molar-refractivity contribution in [3.63, 3.8) is 0 Å². The van der Waals surface area contributed by atoms with Gasteiger partial charge >= 0.3 is 0 Å². The fraction of sp³-hybridized carbons (Fsp3) is 0.500. The predicted octanol–water partition coefficient (Wildman–Crippen LogP) is 1.75. The monoisotopic (exact) mass is 244 g/mol. The van der Waals surface area contributed by atoms with Crippen molar-refractivity contribution in [2.45, 2.75) is 25.4 Å². The molecule has 0 aliphatic carbocycles. The molecular weight excluding hydrogens is 224 g/mol. The van der Waals surface area contributed by atoms with Crippen LogP contribution in [0.15, 0.2) is 24.4 Å². The molecular formula is C14H20N4. The van der Waals surface area contributed by atoms with Gasteiger partial charge in [0.1, 0.15) is 0 Å². The molecule has 0 radical (unpaired) electrons. The van der Waals surface area contributed by atoms with E-state index in [-0.39, 0.29) is 0 Å². The summed E-state index contributed by atoms with van der Waals surface area (Å²) in [6, 6.07) is 6.97. The summed E-state index contributed by atoms with van der Waals surface area (Å²) in [6.07, 6.45) is 4.46. The van der Waals surface area contributed by atoms with Crippen molar-refractivity contribution in [3.8, 4) is 0 Å². The zero-order valence-electron chi connectivity index (χ0n) is 10.8. The lowest BCUT2D eigenvalue weighted by molar-refractivity contribution is 0.226. The molecule has 2 aromatic rings. The van der Waals surface area contributed by atoms with Gasteiger partial charge < -0.3 is 10.2 Å². The molecule has 2 N–H and O–H groups in total. The van der Waals surface area contributed by atoms with E-state index >= 15 is 0 Å². The Morgan fingerprint density at radius 3 is 3.33 bits per heavy atom. The summed E-state index contributed by atoms with van der Waals surface area (Å²) in [5, 5.41) is 12.0. The molecule has 1 aromatic carbocycles. The van der Waals surface area contributed by atoms with Crippen molar-refractivity contribution in [3.05, 3.63) is 30.0 Å². The first-order chi connectivity index (χ1) is 8.83. The number of benzene rings is 1. The van der Waals surface area contributed by atoms with E-state index in [4.69, 9.17) is 0 Å². The lowest BCUT2D eigenvalue weighted by Crippen LogP contribution is -2.43. The third kappa shape index (κ3) is 2.40. The quantitative estimate of drug-likeness (QED) is 0.864. The van der Waals surface area contributed by atoms with E-state index < -0.39 is 0 Å². The number of fused-ring (bicyclic) bond motifs is 1. The second kappa shape index (κ2) is 5.08. The Morgan fingerprint density at radius 1 is 1.50 bits per heavy atom. The van der Waals surface area contributed by atoms with E-state index in [1.54, 1.807) is 0 Å². The Bertz CT molecular complexity index is 519. The second-order valence-corrected chi connectivity index (χ2v) is 5.23. The molecule has 1 aliphatic rings. The third-order valence-electron chi connectivity index (χ3n) is 3.77. The lowest BCUT2D eigenvalue weighted by atomic mass is 10.1. The number of piperidine rings is 1.